The van der Waals surface area contributed by atoms with Crippen molar-refractivity contribution in [3.05, 3.63) is 71.8 Å². The van der Waals surface area contributed by atoms with Gasteiger partial charge in [0.1, 0.15) is 6.61 Å². The Hall–Kier alpha value is -3.19. The molecule has 0 unspecified atom stereocenters. The van der Waals surface area contributed by atoms with Gasteiger partial charge in [-0.05, 0) is 18.4 Å². The minimum absolute atomic E-state index is 0.0363. The molecule has 7 heteroatoms. The van der Waals surface area contributed by atoms with Crippen LogP contribution in [-0.4, -0.2) is 29.8 Å². The second-order valence-electron chi connectivity index (χ2n) is 6.14. The number of guanidine groups is 1. The number of hydrogen-bond acceptors (Lipinski definition) is 5. The summed E-state index contributed by atoms with van der Waals surface area (Å²) in [5.41, 5.74) is 16.2. The number of nitrogens with zero attached hydrogens (tertiary/aromatic N) is 1. The summed E-state index contributed by atoms with van der Waals surface area (Å²) in [7, 11) is 0. The number of nitrogens with two attached hydrogens (primary N) is 3. The number of benzene rings is 2. The molecule has 0 bridgehead atoms. The summed E-state index contributed by atoms with van der Waals surface area (Å²) in [6.45, 7) is 0.296. The van der Waals surface area contributed by atoms with E-state index >= 15 is 0 Å². The van der Waals surface area contributed by atoms with Gasteiger partial charge in [-0.15, -0.1) is 0 Å². The maximum atomic E-state index is 12.9. The van der Waals surface area contributed by atoms with Crippen molar-refractivity contribution < 1.29 is 14.3 Å². The standard InChI is InChI=1S/C20H24N4O3/c21-19(22)24-13-7-12-20(23,17(25)16-10-5-2-6-11-16)18(26)27-14-15-8-3-1-4-9-15/h1-6,8-11H,7,12-14,23H2,(H4,21,22,24)/t20-/m1/s1. The van der Waals surface area contributed by atoms with Crippen LogP contribution in [0, 0.1) is 0 Å². The summed E-state index contributed by atoms with van der Waals surface area (Å²) in [5, 5.41) is 0. The quantitative estimate of drug-likeness (QED) is 0.153. The molecule has 2 aromatic carbocycles. The molecule has 0 aliphatic rings. The number of aliphatic imine (C=N–C) groups is 1. The van der Waals surface area contributed by atoms with Gasteiger partial charge >= 0.3 is 5.97 Å². The predicted octanol–water partition coefficient (Wildman–Crippen LogP) is 1.36. The first-order valence-electron chi connectivity index (χ1n) is 8.59. The van der Waals surface area contributed by atoms with E-state index in [0.29, 0.717) is 12.0 Å². The first-order valence-corrected chi connectivity index (χ1v) is 8.59. The van der Waals surface area contributed by atoms with Crippen LogP contribution in [0.25, 0.3) is 0 Å². The highest BCUT2D eigenvalue weighted by molar-refractivity contribution is 6.16. The molecule has 0 saturated carbocycles. The SMILES string of the molecule is NC(N)=NCCC[C@](N)(C(=O)OCc1ccccc1)C(=O)c1ccccc1. The number of rotatable bonds is 9. The van der Waals surface area contributed by atoms with Gasteiger partial charge in [0.2, 0.25) is 0 Å². The summed E-state index contributed by atoms with van der Waals surface area (Å²) in [6, 6.07) is 17.6. The molecule has 0 aliphatic heterocycles. The van der Waals surface area contributed by atoms with Crippen molar-refractivity contribution in [2.45, 2.75) is 25.0 Å². The third-order valence-electron chi connectivity index (χ3n) is 4.04. The number of carbonyl (C=O) groups is 2. The molecule has 0 heterocycles. The first kappa shape index (κ1) is 20.1. The summed E-state index contributed by atoms with van der Waals surface area (Å²) >= 11 is 0. The Morgan fingerprint density at radius 1 is 0.963 bits per heavy atom. The molecule has 7 nitrogen and oxygen atoms in total. The fraction of sp³-hybridized carbons (Fsp3) is 0.250. The van der Waals surface area contributed by atoms with E-state index in [0.717, 1.165) is 5.56 Å². The maximum absolute atomic E-state index is 12.9. The lowest BCUT2D eigenvalue weighted by molar-refractivity contribution is -0.149. The van der Waals surface area contributed by atoms with Crippen molar-refractivity contribution in [2.75, 3.05) is 6.54 Å². The Balaban J connectivity index is 2.15. The van der Waals surface area contributed by atoms with Crippen molar-refractivity contribution in [3.63, 3.8) is 0 Å². The minimum Gasteiger partial charge on any atom is -0.459 e. The van der Waals surface area contributed by atoms with E-state index in [2.05, 4.69) is 4.99 Å². The van der Waals surface area contributed by atoms with Crippen molar-refractivity contribution in [1.29, 1.82) is 0 Å². The highest BCUT2D eigenvalue weighted by Crippen LogP contribution is 2.20. The molecule has 0 aliphatic carbocycles. The highest BCUT2D eigenvalue weighted by Gasteiger charge is 2.43. The van der Waals surface area contributed by atoms with E-state index in [1.54, 1.807) is 30.3 Å². The first-order chi connectivity index (χ1) is 12.9. The van der Waals surface area contributed by atoms with E-state index in [1.165, 1.54) is 0 Å². The molecule has 1 atom stereocenters. The molecular formula is C20H24N4O3. The van der Waals surface area contributed by atoms with Crippen LogP contribution in [0.4, 0.5) is 0 Å². The number of carbonyl (C=O) groups excluding carboxylic acids is 2. The van der Waals surface area contributed by atoms with Crippen molar-refractivity contribution in [2.24, 2.45) is 22.2 Å². The van der Waals surface area contributed by atoms with E-state index in [9.17, 15) is 9.59 Å². The Bertz CT molecular complexity index is 789. The second-order valence-corrected chi connectivity index (χ2v) is 6.14. The monoisotopic (exact) mass is 368 g/mol. The third-order valence-corrected chi connectivity index (χ3v) is 4.04. The van der Waals surface area contributed by atoms with E-state index < -0.39 is 17.3 Å². The lowest BCUT2D eigenvalue weighted by atomic mass is 9.86. The zero-order chi connectivity index (χ0) is 19.7. The molecule has 6 N–H and O–H groups in total. The van der Waals surface area contributed by atoms with Crippen LogP contribution < -0.4 is 17.2 Å². The minimum atomic E-state index is -1.81. The van der Waals surface area contributed by atoms with Gasteiger partial charge in [0.15, 0.2) is 17.3 Å². The van der Waals surface area contributed by atoms with E-state index in [4.69, 9.17) is 21.9 Å². The molecule has 27 heavy (non-hydrogen) atoms. The molecule has 0 fully saturated rings. The molecule has 0 amide bonds. The van der Waals surface area contributed by atoms with Crippen LogP contribution in [0.2, 0.25) is 0 Å². The summed E-state index contributed by atoms with van der Waals surface area (Å²) < 4.78 is 5.34. The Morgan fingerprint density at radius 3 is 2.15 bits per heavy atom. The number of ether oxygens (including phenoxy) is 1. The largest absolute Gasteiger partial charge is 0.459 e. The molecule has 2 aromatic rings. The number of esters is 1. The molecule has 0 saturated heterocycles. The summed E-state index contributed by atoms with van der Waals surface area (Å²) in [6.07, 6.45) is 0.415. The lowest BCUT2D eigenvalue weighted by Gasteiger charge is -2.26. The van der Waals surface area contributed by atoms with Crippen LogP contribution in [0.1, 0.15) is 28.8 Å². The average Bonchev–Trinajstić information content (AvgIpc) is 2.70. The lowest BCUT2D eigenvalue weighted by Crippen LogP contribution is -2.55. The molecule has 0 aromatic heterocycles. The van der Waals surface area contributed by atoms with E-state index in [-0.39, 0.29) is 25.5 Å². The van der Waals surface area contributed by atoms with Crippen LogP contribution in [0.3, 0.4) is 0 Å². The van der Waals surface area contributed by atoms with Gasteiger partial charge in [0.25, 0.3) is 0 Å². The van der Waals surface area contributed by atoms with Crippen molar-refractivity contribution >= 4 is 17.7 Å². The normalized spacial score (nSPS) is 12.6. The zero-order valence-electron chi connectivity index (χ0n) is 15.0. The van der Waals surface area contributed by atoms with Crippen molar-refractivity contribution in [1.82, 2.24) is 0 Å². The van der Waals surface area contributed by atoms with Gasteiger partial charge in [0.05, 0.1) is 0 Å². The highest BCUT2D eigenvalue weighted by atomic mass is 16.5. The van der Waals surface area contributed by atoms with Crippen LogP contribution >= 0.6 is 0 Å². The molecule has 142 valence electrons. The molecular weight excluding hydrogens is 344 g/mol. The summed E-state index contributed by atoms with van der Waals surface area (Å²) in [5.74, 6) is -1.32. The van der Waals surface area contributed by atoms with Gasteiger partial charge in [-0.2, -0.15) is 0 Å². The second kappa shape index (κ2) is 9.49. The zero-order valence-corrected chi connectivity index (χ0v) is 15.0. The predicted molar refractivity (Wildman–Crippen MR) is 104 cm³/mol. The molecule has 0 spiro atoms. The number of Topliss-reactive ketones (excluding diaryl/α,β-unsaturated/α-hetero) is 1. The van der Waals surface area contributed by atoms with Crippen LogP contribution in [0.15, 0.2) is 65.7 Å². The van der Waals surface area contributed by atoms with Gasteiger partial charge < -0.3 is 21.9 Å². The maximum Gasteiger partial charge on any atom is 0.334 e. The smallest absolute Gasteiger partial charge is 0.334 e. The fourth-order valence-corrected chi connectivity index (χ4v) is 2.57. The number of ketones is 1. The molecule has 0 radical (unpaired) electrons. The Labute approximate surface area is 158 Å². The summed E-state index contributed by atoms with van der Waals surface area (Å²) in [4.78, 5) is 29.5. The topological polar surface area (TPSA) is 134 Å². The Morgan fingerprint density at radius 2 is 1.56 bits per heavy atom. The third kappa shape index (κ3) is 5.65. The average molecular weight is 368 g/mol. The number of hydrogen-bond donors (Lipinski definition) is 3. The van der Waals surface area contributed by atoms with E-state index in [1.807, 2.05) is 30.3 Å². The van der Waals surface area contributed by atoms with Crippen molar-refractivity contribution in [3.8, 4) is 0 Å². The molecule has 2 rings (SSSR count). The van der Waals surface area contributed by atoms with Gasteiger partial charge in [-0.1, -0.05) is 60.7 Å². The fourth-order valence-electron chi connectivity index (χ4n) is 2.57. The van der Waals surface area contributed by atoms with Gasteiger partial charge in [-0.3, -0.25) is 9.79 Å². The van der Waals surface area contributed by atoms with Crippen LogP contribution in [-0.2, 0) is 16.1 Å². The van der Waals surface area contributed by atoms with Gasteiger partial charge in [-0.25, -0.2) is 4.79 Å². The Kier molecular flexibility index (Phi) is 7.08. The van der Waals surface area contributed by atoms with Gasteiger partial charge in [0, 0.05) is 12.1 Å². The van der Waals surface area contributed by atoms with Crippen LogP contribution in [0.5, 0.6) is 0 Å².